The fraction of sp³-hybridized carbons (Fsp3) is 0.250. The average molecular weight is 348 g/mol. The van der Waals surface area contributed by atoms with Gasteiger partial charge in [-0.25, -0.2) is 0 Å². The third-order valence-corrected chi connectivity index (χ3v) is 4.20. The first kappa shape index (κ1) is 15.5. The van der Waals surface area contributed by atoms with Gasteiger partial charge in [-0.3, -0.25) is 9.48 Å². The van der Waals surface area contributed by atoms with Crippen LogP contribution in [0.2, 0.25) is 0 Å². The zero-order chi connectivity index (χ0) is 15.6. The van der Waals surface area contributed by atoms with Gasteiger partial charge in [-0.15, -0.1) is 6.58 Å². The van der Waals surface area contributed by atoms with Crippen molar-refractivity contribution in [1.29, 1.82) is 0 Å². The van der Waals surface area contributed by atoms with E-state index >= 15 is 0 Å². The Bertz CT molecular complexity index is 704. The van der Waals surface area contributed by atoms with Crippen molar-refractivity contribution in [3.63, 3.8) is 0 Å². The molecule has 0 atom stereocenters. The summed E-state index contributed by atoms with van der Waals surface area (Å²) in [6, 6.07) is 3.96. The van der Waals surface area contributed by atoms with Crippen LogP contribution in [0.3, 0.4) is 0 Å². The van der Waals surface area contributed by atoms with Gasteiger partial charge in [0.1, 0.15) is 5.69 Å². The number of hydrogen-bond acceptors (Lipinski definition) is 2. The van der Waals surface area contributed by atoms with Crippen molar-refractivity contribution >= 4 is 27.5 Å². The lowest BCUT2D eigenvalue weighted by Gasteiger charge is -2.11. The van der Waals surface area contributed by atoms with Crippen molar-refractivity contribution in [1.82, 2.24) is 9.78 Å². The maximum absolute atomic E-state index is 12.5. The van der Waals surface area contributed by atoms with Gasteiger partial charge < -0.3 is 5.32 Å². The molecule has 0 aliphatic carbocycles. The van der Waals surface area contributed by atoms with Crippen LogP contribution in [0, 0.1) is 13.8 Å². The van der Waals surface area contributed by atoms with Crippen molar-refractivity contribution in [2.75, 3.05) is 5.32 Å². The van der Waals surface area contributed by atoms with Gasteiger partial charge in [0.15, 0.2) is 0 Å². The van der Waals surface area contributed by atoms with E-state index in [0.717, 1.165) is 26.9 Å². The minimum atomic E-state index is -0.156. The molecule has 0 saturated heterocycles. The van der Waals surface area contributed by atoms with Gasteiger partial charge in [0.05, 0.1) is 6.20 Å². The maximum Gasteiger partial charge on any atom is 0.274 e. The minimum Gasteiger partial charge on any atom is -0.320 e. The van der Waals surface area contributed by atoms with Crippen LogP contribution in [0.1, 0.15) is 27.2 Å². The molecule has 0 fully saturated rings. The van der Waals surface area contributed by atoms with Crippen LogP contribution in [0.25, 0.3) is 0 Å². The molecule has 0 unspecified atom stereocenters. The van der Waals surface area contributed by atoms with E-state index in [1.54, 1.807) is 24.0 Å². The number of hydrogen-bond donors (Lipinski definition) is 1. The van der Waals surface area contributed by atoms with Gasteiger partial charge >= 0.3 is 0 Å². The van der Waals surface area contributed by atoms with Crippen molar-refractivity contribution in [3.8, 4) is 0 Å². The fourth-order valence-corrected chi connectivity index (χ4v) is 2.64. The number of nitrogens with zero attached hydrogens (tertiary/aromatic N) is 2. The molecule has 1 N–H and O–H groups in total. The van der Waals surface area contributed by atoms with E-state index < -0.39 is 0 Å². The molecule has 0 aliphatic rings. The summed E-state index contributed by atoms with van der Waals surface area (Å²) >= 11 is 3.49. The van der Waals surface area contributed by atoms with Gasteiger partial charge in [0, 0.05) is 22.8 Å². The first-order valence-electron chi connectivity index (χ1n) is 6.64. The lowest BCUT2D eigenvalue weighted by molar-refractivity contribution is 0.101. The summed E-state index contributed by atoms with van der Waals surface area (Å²) in [4.78, 5) is 12.5. The molecule has 2 aromatic rings. The molecule has 1 aromatic heterocycles. The van der Waals surface area contributed by atoms with Crippen molar-refractivity contribution in [3.05, 3.63) is 57.8 Å². The molecule has 1 amide bonds. The number of rotatable bonds is 4. The zero-order valence-electron chi connectivity index (χ0n) is 12.4. The van der Waals surface area contributed by atoms with E-state index in [9.17, 15) is 4.79 Å². The average Bonchev–Trinajstić information content (AvgIpc) is 2.77. The number of anilines is 1. The van der Waals surface area contributed by atoms with E-state index in [2.05, 4.69) is 32.9 Å². The van der Waals surface area contributed by atoms with Gasteiger partial charge in [-0.05, 0) is 43.5 Å². The first-order valence-corrected chi connectivity index (χ1v) is 7.43. The number of halogens is 1. The Labute approximate surface area is 133 Å². The standard InChI is InChI=1S/C16H18BrN3O/c1-5-6-12-9-18-20(4)15(12)16(21)19-14-8-10(2)13(17)7-11(14)3/h5,7-9H,1,6H2,2-4H3,(H,19,21). The van der Waals surface area contributed by atoms with Crippen LogP contribution in [0.5, 0.6) is 0 Å². The number of carbonyl (C=O) groups is 1. The minimum absolute atomic E-state index is 0.156. The highest BCUT2D eigenvalue weighted by Gasteiger charge is 2.17. The Kier molecular flexibility index (Phi) is 4.63. The van der Waals surface area contributed by atoms with Crippen LogP contribution < -0.4 is 5.32 Å². The highest BCUT2D eigenvalue weighted by molar-refractivity contribution is 9.10. The molecule has 2 rings (SSSR count). The summed E-state index contributed by atoms with van der Waals surface area (Å²) in [5, 5.41) is 7.12. The molecule has 0 bridgehead atoms. The molecule has 4 nitrogen and oxygen atoms in total. The highest BCUT2D eigenvalue weighted by Crippen LogP contribution is 2.25. The summed E-state index contributed by atoms with van der Waals surface area (Å²) < 4.78 is 2.63. The molecular weight excluding hydrogens is 330 g/mol. The molecular formula is C16H18BrN3O. The Morgan fingerprint density at radius 2 is 2.14 bits per heavy atom. The Balaban J connectivity index is 2.32. The van der Waals surface area contributed by atoms with Crippen molar-refractivity contribution < 1.29 is 4.79 Å². The van der Waals surface area contributed by atoms with Crippen LogP contribution in [0.4, 0.5) is 5.69 Å². The quantitative estimate of drug-likeness (QED) is 0.855. The number of allylic oxidation sites excluding steroid dienone is 1. The van der Waals surface area contributed by atoms with Crippen LogP contribution in [-0.2, 0) is 13.5 Å². The van der Waals surface area contributed by atoms with E-state index in [4.69, 9.17) is 0 Å². The van der Waals surface area contributed by atoms with E-state index in [1.165, 1.54) is 0 Å². The third-order valence-electron chi connectivity index (χ3n) is 3.35. The van der Waals surface area contributed by atoms with Crippen molar-refractivity contribution in [2.24, 2.45) is 7.05 Å². The fourth-order valence-electron chi connectivity index (χ4n) is 2.18. The smallest absolute Gasteiger partial charge is 0.274 e. The molecule has 0 aliphatic heterocycles. The molecule has 1 heterocycles. The summed E-state index contributed by atoms with van der Waals surface area (Å²) in [6.07, 6.45) is 4.09. The second-order valence-corrected chi connectivity index (χ2v) is 5.86. The van der Waals surface area contributed by atoms with Gasteiger partial charge in [-0.2, -0.15) is 5.10 Å². The number of carbonyl (C=O) groups excluding carboxylic acids is 1. The monoisotopic (exact) mass is 347 g/mol. The molecule has 21 heavy (non-hydrogen) atoms. The van der Waals surface area contributed by atoms with E-state index in [1.807, 2.05) is 26.0 Å². The molecule has 0 radical (unpaired) electrons. The summed E-state index contributed by atoms with van der Waals surface area (Å²) in [7, 11) is 1.77. The topological polar surface area (TPSA) is 46.9 Å². The normalized spacial score (nSPS) is 10.5. The lowest BCUT2D eigenvalue weighted by atomic mass is 10.1. The second-order valence-electron chi connectivity index (χ2n) is 5.01. The van der Waals surface area contributed by atoms with E-state index in [-0.39, 0.29) is 5.91 Å². The number of nitrogens with one attached hydrogen (secondary N) is 1. The number of aryl methyl sites for hydroxylation is 3. The predicted octanol–water partition coefficient (Wildman–Crippen LogP) is 3.78. The highest BCUT2D eigenvalue weighted by atomic mass is 79.9. The summed E-state index contributed by atoms with van der Waals surface area (Å²) in [5.74, 6) is -0.156. The largest absolute Gasteiger partial charge is 0.320 e. The number of benzene rings is 1. The molecule has 5 heteroatoms. The van der Waals surface area contributed by atoms with Crippen LogP contribution >= 0.6 is 15.9 Å². The Morgan fingerprint density at radius 1 is 1.43 bits per heavy atom. The first-order chi connectivity index (χ1) is 9.93. The zero-order valence-corrected chi connectivity index (χ0v) is 14.0. The van der Waals surface area contributed by atoms with Crippen LogP contribution in [-0.4, -0.2) is 15.7 Å². The summed E-state index contributed by atoms with van der Waals surface area (Å²) in [6.45, 7) is 7.67. The summed E-state index contributed by atoms with van der Waals surface area (Å²) in [5.41, 5.74) is 4.33. The third kappa shape index (κ3) is 3.24. The molecule has 110 valence electrons. The van der Waals surface area contributed by atoms with Gasteiger partial charge in [0.25, 0.3) is 5.91 Å². The Morgan fingerprint density at radius 3 is 2.81 bits per heavy atom. The number of amides is 1. The van der Waals surface area contributed by atoms with E-state index in [0.29, 0.717) is 12.1 Å². The second kappa shape index (κ2) is 6.26. The Hall–Kier alpha value is -1.88. The maximum atomic E-state index is 12.5. The SMILES string of the molecule is C=CCc1cnn(C)c1C(=O)Nc1cc(C)c(Br)cc1C. The molecule has 0 spiro atoms. The molecule has 1 aromatic carbocycles. The molecule has 0 saturated carbocycles. The number of aromatic nitrogens is 2. The predicted molar refractivity (Wildman–Crippen MR) is 88.7 cm³/mol. The van der Waals surface area contributed by atoms with Crippen LogP contribution in [0.15, 0.2) is 35.5 Å². The lowest BCUT2D eigenvalue weighted by Crippen LogP contribution is -2.18. The van der Waals surface area contributed by atoms with Gasteiger partial charge in [-0.1, -0.05) is 22.0 Å². The van der Waals surface area contributed by atoms with Crippen molar-refractivity contribution in [2.45, 2.75) is 20.3 Å². The van der Waals surface area contributed by atoms with Gasteiger partial charge in [0.2, 0.25) is 0 Å².